The van der Waals surface area contributed by atoms with Crippen LogP contribution in [0, 0.1) is 0 Å². The van der Waals surface area contributed by atoms with Crippen molar-refractivity contribution in [2.24, 2.45) is 0 Å². The molecule has 1 rings (SSSR count). The summed E-state index contributed by atoms with van der Waals surface area (Å²) in [5, 5.41) is 0. The summed E-state index contributed by atoms with van der Waals surface area (Å²) < 4.78 is 15.4. The number of esters is 1. The summed E-state index contributed by atoms with van der Waals surface area (Å²) in [5.41, 5.74) is 0.355. The zero-order valence-corrected chi connectivity index (χ0v) is 8.12. The molecule has 1 fully saturated rings. The van der Waals surface area contributed by atoms with Crippen molar-refractivity contribution in [3.63, 3.8) is 0 Å². The number of rotatable bonds is 2. The lowest BCUT2D eigenvalue weighted by Crippen LogP contribution is -2.24. The molecule has 0 saturated carbocycles. The Hall–Kier alpha value is -0.870. The lowest BCUT2D eigenvalue weighted by molar-refractivity contribution is -0.194. The SMILES string of the molecule is C=C(C)C(=O)OC1COC(C)(C)O1. The van der Waals surface area contributed by atoms with Crippen LogP contribution in [0.15, 0.2) is 12.2 Å². The molecule has 4 heteroatoms. The molecule has 0 radical (unpaired) electrons. The molecule has 74 valence electrons. The largest absolute Gasteiger partial charge is 0.430 e. The van der Waals surface area contributed by atoms with E-state index in [0.29, 0.717) is 5.57 Å². The van der Waals surface area contributed by atoms with Crippen LogP contribution in [0.1, 0.15) is 20.8 Å². The molecule has 13 heavy (non-hydrogen) atoms. The van der Waals surface area contributed by atoms with Crippen LogP contribution in [0.25, 0.3) is 0 Å². The first-order valence-electron chi connectivity index (χ1n) is 4.09. The van der Waals surface area contributed by atoms with Crippen LogP contribution in [0.3, 0.4) is 0 Å². The highest BCUT2D eigenvalue weighted by Crippen LogP contribution is 2.23. The summed E-state index contributed by atoms with van der Waals surface area (Å²) in [4.78, 5) is 11.1. The van der Waals surface area contributed by atoms with E-state index in [9.17, 15) is 4.79 Å². The summed E-state index contributed by atoms with van der Waals surface area (Å²) >= 11 is 0. The third kappa shape index (κ3) is 2.82. The van der Waals surface area contributed by atoms with Gasteiger partial charge in [-0.1, -0.05) is 6.58 Å². The third-order valence-electron chi connectivity index (χ3n) is 1.57. The second-order valence-corrected chi connectivity index (χ2v) is 3.44. The van der Waals surface area contributed by atoms with Gasteiger partial charge < -0.3 is 14.2 Å². The molecule has 0 aromatic rings. The van der Waals surface area contributed by atoms with Crippen LogP contribution in [-0.2, 0) is 19.0 Å². The Morgan fingerprint density at radius 3 is 2.62 bits per heavy atom. The predicted molar refractivity (Wildman–Crippen MR) is 45.8 cm³/mol. The highest BCUT2D eigenvalue weighted by molar-refractivity contribution is 5.87. The number of carbonyl (C=O) groups excluding carboxylic acids is 1. The van der Waals surface area contributed by atoms with Crippen LogP contribution in [-0.4, -0.2) is 24.7 Å². The van der Waals surface area contributed by atoms with Gasteiger partial charge in [-0.25, -0.2) is 4.79 Å². The fourth-order valence-corrected chi connectivity index (χ4v) is 0.931. The van der Waals surface area contributed by atoms with Crippen LogP contribution >= 0.6 is 0 Å². The van der Waals surface area contributed by atoms with Crippen LogP contribution in [0.5, 0.6) is 0 Å². The average molecular weight is 186 g/mol. The van der Waals surface area contributed by atoms with Crippen molar-refractivity contribution in [2.45, 2.75) is 32.8 Å². The van der Waals surface area contributed by atoms with E-state index in [-0.39, 0.29) is 6.61 Å². The molecule has 0 aromatic heterocycles. The Kier molecular flexibility index (Phi) is 2.73. The van der Waals surface area contributed by atoms with Crippen molar-refractivity contribution in [3.05, 3.63) is 12.2 Å². The molecule has 0 N–H and O–H groups in total. The first kappa shape index (κ1) is 10.2. The molecule has 1 atom stereocenters. The Balaban J connectivity index is 2.41. The fraction of sp³-hybridized carbons (Fsp3) is 0.667. The van der Waals surface area contributed by atoms with Crippen LogP contribution in [0.2, 0.25) is 0 Å². The van der Waals surface area contributed by atoms with Crippen molar-refractivity contribution < 1.29 is 19.0 Å². The van der Waals surface area contributed by atoms with E-state index >= 15 is 0 Å². The van der Waals surface area contributed by atoms with Crippen molar-refractivity contribution in [3.8, 4) is 0 Å². The minimum atomic E-state index is -0.667. The van der Waals surface area contributed by atoms with Crippen molar-refractivity contribution in [1.29, 1.82) is 0 Å². The Morgan fingerprint density at radius 2 is 2.23 bits per heavy atom. The van der Waals surface area contributed by atoms with E-state index in [1.807, 2.05) is 0 Å². The minimum absolute atomic E-state index is 0.270. The van der Waals surface area contributed by atoms with Gasteiger partial charge in [0, 0.05) is 5.57 Å². The second-order valence-electron chi connectivity index (χ2n) is 3.44. The number of hydrogen-bond acceptors (Lipinski definition) is 4. The maximum absolute atomic E-state index is 11.1. The Labute approximate surface area is 77.5 Å². The van der Waals surface area contributed by atoms with E-state index in [4.69, 9.17) is 14.2 Å². The van der Waals surface area contributed by atoms with Gasteiger partial charge in [-0.05, 0) is 20.8 Å². The number of ether oxygens (including phenoxy) is 3. The summed E-state index contributed by atoms with van der Waals surface area (Å²) in [6, 6.07) is 0. The van der Waals surface area contributed by atoms with Gasteiger partial charge in [0.1, 0.15) is 6.61 Å². The standard InChI is InChI=1S/C9H14O4/c1-6(2)8(10)12-7-5-11-9(3,4)13-7/h7H,1,5H2,2-4H3. The fourth-order valence-electron chi connectivity index (χ4n) is 0.931. The molecule has 1 unspecified atom stereocenters. The van der Waals surface area contributed by atoms with Crippen LogP contribution < -0.4 is 0 Å². The molecule has 1 aliphatic rings. The number of carbonyl (C=O) groups is 1. The van der Waals surface area contributed by atoms with E-state index in [0.717, 1.165) is 0 Å². The monoisotopic (exact) mass is 186 g/mol. The van der Waals surface area contributed by atoms with Crippen LogP contribution in [0.4, 0.5) is 0 Å². The summed E-state index contributed by atoms with van der Waals surface area (Å²) in [6.07, 6.45) is -0.612. The number of hydrogen-bond donors (Lipinski definition) is 0. The molecule has 0 spiro atoms. The lowest BCUT2D eigenvalue weighted by atomic mass is 10.4. The van der Waals surface area contributed by atoms with Gasteiger partial charge in [-0.3, -0.25) is 0 Å². The van der Waals surface area contributed by atoms with E-state index in [2.05, 4.69) is 6.58 Å². The van der Waals surface area contributed by atoms with Gasteiger partial charge in [0.25, 0.3) is 0 Å². The smallest absolute Gasteiger partial charge is 0.335 e. The van der Waals surface area contributed by atoms with E-state index in [1.54, 1.807) is 20.8 Å². The quantitative estimate of drug-likeness (QED) is 0.480. The normalized spacial score (nSPS) is 25.6. The Bertz CT molecular complexity index is 232. The highest BCUT2D eigenvalue weighted by atomic mass is 16.8. The first-order chi connectivity index (χ1) is 5.91. The van der Waals surface area contributed by atoms with Gasteiger partial charge in [-0.15, -0.1) is 0 Å². The van der Waals surface area contributed by atoms with Gasteiger partial charge in [0.05, 0.1) is 0 Å². The van der Waals surface area contributed by atoms with Gasteiger partial charge >= 0.3 is 5.97 Å². The Morgan fingerprint density at radius 1 is 1.62 bits per heavy atom. The molecule has 1 heterocycles. The molecular formula is C9H14O4. The second kappa shape index (κ2) is 3.47. The topological polar surface area (TPSA) is 44.8 Å². The molecule has 0 aromatic carbocycles. The third-order valence-corrected chi connectivity index (χ3v) is 1.57. The van der Waals surface area contributed by atoms with Crippen molar-refractivity contribution in [2.75, 3.05) is 6.61 Å². The highest BCUT2D eigenvalue weighted by Gasteiger charge is 2.34. The van der Waals surface area contributed by atoms with Crippen molar-refractivity contribution >= 4 is 5.97 Å². The molecule has 1 aliphatic heterocycles. The molecule has 1 saturated heterocycles. The zero-order valence-electron chi connectivity index (χ0n) is 8.12. The average Bonchev–Trinajstić information content (AvgIpc) is 2.30. The predicted octanol–water partition coefficient (Wildman–Crippen LogP) is 1.21. The van der Waals surface area contributed by atoms with Gasteiger partial charge in [-0.2, -0.15) is 0 Å². The minimum Gasteiger partial charge on any atom is -0.430 e. The maximum Gasteiger partial charge on any atom is 0.335 e. The molecule has 0 amide bonds. The lowest BCUT2D eigenvalue weighted by Gasteiger charge is -2.16. The maximum atomic E-state index is 11.1. The molecule has 0 bridgehead atoms. The van der Waals surface area contributed by atoms with E-state index < -0.39 is 18.0 Å². The van der Waals surface area contributed by atoms with Crippen molar-refractivity contribution in [1.82, 2.24) is 0 Å². The molecular weight excluding hydrogens is 172 g/mol. The first-order valence-corrected chi connectivity index (χ1v) is 4.09. The summed E-state index contributed by atoms with van der Waals surface area (Å²) in [7, 11) is 0. The zero-order chi connectivity index (χ0) is 10.1. The summed E-state index contributed by atoms with van der Waals surface area (Å²) in [5.74, 6) is -1.12. The van der Waals surface area contributed by atoms with Gasteiger partial charge in [0.15, 0.2) is 5.79 Å². The van der Waals surface area contributed by atoms with E-state index in [1.165, 1.54) is 0 Å². The molecule has 4 nitrogen and oxygen atoms in total. The van der Waals surface area contributed by atoms with Gasteiger partial charge in [0.2, 0.25) is 6.29 Å². The summed E-state index contributed by atoms with van der Waals surface area (Å²) in [6.45, 7) is 8.85. The molecule has 0 aliphatic carbocycles.